The van der Waals surface area contributed by atoms with E-state index in [1.807, 2.05) is 6.92 Å². The number of aryl methyl sites for hydroxylation is 1. The number of rotatable bonds is 1. The lowest BCUT2D eigenvalue weighted by Crippen LogP contribution is -2.18. The summed E-state index contributed by atoms with van der Waals surface area (Å²) in [6.07, 6.45) is 0. The third-order valence-corrected chi connectivity index (χ3v) is 2.74. The van der Waals surface area contributed by atoms with Gasteiger partial charge in [0.1, 0.15) is 5.56 Å². The van der Waals surface area contributed by atoms with Gasteiger partial charge in [-0.25, -0.2) is 4.79 Å². The van der Waals surface area contributed by atoms with Gasteiger partial charge in [-0.05, 0) is 30.7 Å². The van der Waals surface area contributed by atoms with E-state index in [-0.39, 0.29) is 5.56 Å². The Bertz CT molecular complexity index is 661. The molecule has 1 aromatic carbocycles. The normalized spacial score (nSPS) is 10.5. The van der Waals surface area contributed by atoms with Gasteiger partial charge >= 0.3 is 5.97 Å². The minimum atomic E-state index is -0.661. The smallest absolute Gasteiger partial charge is 0.343 e. The van der Waals surface area contributed by atoms with Crippen LogP contribution in [0.1, 0.15) is 15.9 Å². The van der Waals surface area contributed by atoms with Crippen LogP contribution in [0, 0.1) is 6.92 Å². The lowest BCUT2D eigenvalue weighted by Gasteiger charge is -2.05. The number of methoxy groups -OCH3 is 1. The topological polar surface area (TPSA) is 59.2 Å². The molecular weight excluding hydrogens is 242 g/mol. The van der Waals surface area contributed by atoms with Crippen molar-refractivity contribution >= 4 is 28.5 Å². The molecule has 17 heavy (non-hydrogen) atoms. The Morgan fingerprint density at radius 2 is 2.06 bits per heavy atom. The predicted molar refractivity (Wildman–Crippen MR) is 65.7 cm³/mol. The molecule has 0 atom stereocenters. The third-order valence-electron chi connectivity index (χ3n) is 2.52. The maximum absolute atomic E-state index is 11.7. The van der Waals surface area contributed by atoms with Crippen LogP contribution in [0.5, 0.6) is 0 Å². The second kappa shape index (κ2) is 4.22. The van der Waals surface area contributed by atoms with Crippen molar-refractivity contribution in [2.45, 2.75) is 6.92 Å². The Labute approximate surface area is 102 Å². The Kier molecular flexibility index (Phi) is 2.90. The van der Waals surface area contributed by atoms with Crippen molar-refractivity contribution in [2.75, 3.05) is 7.11 Å². The molecule has 4 nitrogen and oxygen atoms in total. The average Bonchev–Trinajstić information content (AvgIpc) is 2.28. The highest BCUT2D eigenvalue weighted by Gasteiger charge is 2.12. The molecule has 0 aliphatic rings. The summed E-state index contributed by atoms with van der Waals surface area (Å²) in [6, 6.07) is 4.92. The van der Waals surface area contributed by atoms with Gasteiger partial charge in [0.15, 0.2) is 0 Å². The molecule has 0 saturated heterocycles. The standard InChI is InChI=1S/C12H10ClNO3/c1-6-3-8(13)4-7-5-9(12(16)17-2)11(15)14-10(6)7/h3-5H,1-2H3,(H,14,15). The second-order valence-electron chi connectivity index (χ2n) is 3.69. The highest BCUT2D eigenvalue weighted by atomic mass is 35.5. The van der Waals surface area contributed by atoms with Gasteiger partial charge in [0.05, 0.1) is 12.6 Å². The van der Waals surface area contributed by atoms with Crippen LogP contribution < -0.4 is 5.56 Å². The van der Waals surface area contributed by atoms with Crippen molar-refractivity contribution in [3.63, 3.8) is 0 Å². The highest BCUT2D eigenvalue weighted by molar-refractivity contribution is 6.31. The second-order valence-corrected chi connectivity index (χ2v) is 4.13. The fourth-order valence-electron chi connectivity index (χ4n) is 1.72. The number of pyridine rings is 1. The van der Waals surface area contributed by atoms with Gasteiger partial charge in [0.25, 0.3) is 5.56 Å². The van der Waals surface area contributed by atoms with Crippen molar-refractivity contribution in [3.8, 4) is 0 Å². The summed E-state index contributed by atoms with van der Waals surface area (Å²) in [4.78, 5) is 25.7. The molecule has 2 aromatic rings. The van der Waals surface area contributed by atoms with Crippen LogP contribution in [-0.2, 0) is 4.74 Å². The van der Waals surface area contributed by atoms with Gasteiger partial charge in [-0.1, -0.05) is 11.6 Å². The third kappa shape index (κ3) is 2.03. The minimum absolute atomic E-state index is 0.0262. The van der Waals surface area contributed by atoms with Crippen LogP contribution in [0.4, 0.5) is 0 Å². The van der Waals surface area contributed by atoms with Crippen molar-refractivity contribution in [1.29, 1.82) is 0 Å². The number of hydrogen-bond acceptors (Lipinski definition) is 3. The number of ether oxygens (including phenoxy) is 1. The van der Waals surface area contributed by atoms with Crippen molar-refractivity contribution in [1.82, 2.24) is 4.98 Å². The average molecular weight is 252 g/mol. The molecule has 0 bridgehead atoms. The molecular formula is C12H10ClNO3. The molecule has 0 saturated carbocycles. The fourth-order valence-corrected chi connectivity index (χ4v) is 2.00. The summed E-state index contributed by atoms with van der Waals surface area (Å²) in [5.41, 5.74) is 1.03. The van der Waals surface area contributed by atoms with Gasteiger partial charge < -0.3 is 9.72 Å². The van der Waals surface area contributed by atoms with Gasteiger partial charge in [0.2, 0.25) is 0 Å². The molecule has 0 aliphatic heterocycles. The van der Waals surface area contributed by atoms with E-state index in [4.69, 9.17) is 11.6 Å². The van der Waals surface area contributed by atoms with E-state index in [2.05, 4.69) is 9.72 Å². The van der Waals surface area contributed by atoms with Gasteiger partial charge in [-0.3, -0.25) is 4.79 Å². The quantitative estimate of drug-likeness (QED) is 0.791. The first kappa shape index (κ1) is 11.7. The maximum atomic E-state index is 11.7. The van der Waals surface area contributed by atoms with Crippen molar-refractivity contribution < 1.29 is 9.53 Å². The number of aromatic nitrogens is 1. The highest BCUT2D eigenvalue weighted by Crippen LogP contribution is 2.21. The van der Waals surface area contributed by atoms with Crippen LogP contribution in [0.15, 0.2) is 23.0 Å². The van der Waals surface area contributed by atoms with Crippen LogP contribution in [-0.4, -0.2) is 18.1 Å². The summed E-state index contributed by atoms with van der Waals surface area (Å²) in [6.45, 7) is 1.84. The first-order chi connectivity index (χ1) is 8.02. The summed E-state index contributed by atoms with van der Waals surface area (Å²) >= 11 is 5.92. The molecule has 0 fully saturated rings. The molecule has 88 valence electrons. The Hall–Kier alpha value is -1.81. The molecule has 0 unspecified atom stereocenters. The van der Waals surface area contributed by atoms with E-state index < -0.39 is 11.5 Å². The van der Waals surface area contributed by atoms with E-state index in [9.17, 15) is 9.59 Å². The van der Waals surface area contributed by atoms with E-state index in [1.54, 1.807) is 12.1 Å². The number of halogens is 1. The first-order valence-corrected chi connectivity index (χ1v) is 5.32. The number of benzene rings is 1. The van der Waals surface area contributed by atoms with Crippen LogP contribution >= 0.6 is 11.6 Å². The molecule has 0 amide bonds. The van der Waals surface area contributed by atoms with Crippen LogP contribution in [0.25, 0.3) is 10.9 Å². The molecule has 0 aliphatic carbocycles. The zero-order valence-corrected chi connectivity index (χ0v) is 10.1. The number of carbonyl (C=O) groups excluding carboxylic acids is 1. The monoisotopic (exact) mass is 251 g/mol. The molecule has 0 spiro atoms. The minimum Gasteiger partial charge on any atom is -0.465 e. The van der Waals surface area contributed by atoms with Crippen molar-refractivity contribution in [2.24, 2.45) is 0 Å². The lowest BCUT2D eigenvalue weighted by atomic mass is 10.1. The summed E-state index contributed by atoms with van der Waals surface area (Å²) in [7, 11) is 1.23. The summed E-state index contributed by atoms with van der Waals surface area (Å²) in [5, 5.41) is 1.26. The predicted octanol–water partition coefficient (Wildman–Crippen LogP) is 2.28. The van der Waals surface area contributed by atoms with Crippen LogP contribution in [0.2, 0.25) is 5.02 Å². The van der Waals surface area contributed by atoms with Gasteiger partial charge in [-0.15, -0.1) is 0 Å². The van der Waals surface area contributed by atoms with Gasteiger partial charge in [0, 0.05) is 10.4 Å². The molecule has 1 N–H and O–H groups in total. The largest absolute Gasteiger partial charge is 0.465 e. The lowest BCUT2D eigenvalue weighted by molar-refractivity contribution is 0.0599. The SMILES string of the molecule is COC(=O)c1cc2cc(Cl)cc(C)c2[nH]c1=O. The number of aromatic amines is 1. The molecule has 0 radical (unpaired) electrons. The summed E-state index contributed by atoms with van der Waals surface area (Å²) < 4.78 is 4.53. The Morgan fingerprint density at radius 3 is 2.71 bits per heavy atom. The molecule has 5 heteroatoms. The van der Waals surface area contributed by atoms with Crippen molar-refractivity contribution in [3.05, 3.63) is 44.7 Å². The number of nitrogens with one attached hydrogen (secondary N) is 1. The number of H-pyrrole nitrogens is 1. The fraction of sp³-hybridized carbons (Fsp3) is 0.167. The molecule has 1 heterocycles. The zero-order chi connectivity index (χ0) is 12.6. The van der Waals surface area contributed by atoms with E-state index in [0.29, 0.717) is 15.9 Å². The number of esters is 1. The van der Waals surface area contributed by atoms with E-state index in [0.717, 1.165) is 5.56 Å². The maximum Gasteiger partial charge on any atom is 0.343 e. The zero-order valence-electron chi connectivity index (χ0n) is 9.33. The van der Waals surface area contributed by atoms with Gasteiger partial charge in [-0.2, -0.15) is 0 Å². The number of carbonyl (C=O) groups is 1. The number of fused-ring (bicyclic) bond motifs is 1. The summed E-state index contributed by atoms with van der Waals surface area (Å²) in [5.74, 6) is -0.661. The molecule has 1 aromatic heterocycles. The van der Waals surface area contributed by atoms with E-state index in [1.165, 1.54) is 13.2 Å². The van der Waals surface area contributed by atoms with E-state index >= 15 is 0 Å². The van der Waals surface area contributed by atoms with Crippen LogP contribution in [0.3, 0.4) is 0 Å². The Balaban J connectivity index is 2.81. The molecule has 2 rings (SSSR count). The first-order valence-electron chi connectivity index (χ1n) is 4.94. The number of hydrogen-bond donors (Lipinski definition) is 1. The Morgan fingerprint density at radius 1 is 1.35 bits per heavy atom.